The van der Waals surface area contributed by atoms with Gasteiger partial charge < -0.3 is 10.0 Å². The summed E-state index contributed by atoms with van der Waals surface area (Å²) >= 11 is 0. The Morgan fingerprint density at radius 2 is 1.90 bits per heavy atom. The van der Waals surface area contributed by atoms with Crippen LogP contribution in [0, 0.1) is 5.92 Å². The van der Waals surface area contributed by atoms with Gasteiger partial charge >= 0.3 is 6.18 Å². The quantitative estimate of drug-likeness (QED) is 0.907. The van der Waals surface area contributed by atoms with E-state index < -0.39 is 17.8 Å². The maximum absolute atomic E-state index is 12.4. The number of rotatable bonds is 5. The highest BCUT2D eigenvalue weighted by Crippen LogP contribution is 2.32. The third-order valence-corrected chi connectivity index (χ3v) is 3.69. The molecule has 3 nitrogen and oxygen atoms in total. The molecule has 1 aromatic carbocycles. The number of hydrogen-bond acceptors (Lipinski definition) is 2. The molecular formula is C15H18F3NO2. The molecule has 0 heterocycles. The van der Waals surface area contributed by atoms with E-state index in [1.54, 1.807) is 7.05 Å². The third kappa shape index (κ3) is 4.46. The van der Waals surface area contributed by atoms with Gasteiger partial charge in [-0.2, -0.15) is 13.2 Å². The molecule has 1 fully saturated rings. The van der Waals surface area contributed by atoms with Gasteiger partial charge in [-0.3, -0.25) is 4.79 Å². The molecule has 6 heteroatoms. The zero-order valence-corrected chi connectivity index (χ0v) is 11.7. The molecule has 1 unspecified atom stereocenters. The fourth-order valence-corrected chi connectivity index (χ4v) is 2.13. The molecule has 1 aliphatic carbocycles. The molecular weight excluding hydrogens is 283 g/mol. The van der Waals surface area contributed by atoms with Crippen molar-refractivity contribution in [2.45, 2.75) is 31.5 Å². The fraction of sp³-hybridized carbons (Fsp3) is 0.533. The number of aliphatic hydroxyl groups excluding tert-OH is 1. The van der Waals surface area contributed by atoms with E-state index in [1.165, 1.54) is 17.0 Å². The molecule has 0 aromatic heterocycles. The van der Waals surface area contributed by atoms with Crippen LogP contribution in [-0.4, -0.2) is 35.6 Å². The third-order valence-electron chi connectivity index (χ3n) is 3.69. The van der Waals surface area contributed by atoms with Gasteiger partial charge in [0.25, 0.3) is 0 Å². The van der Waals surface area contributed by atoms with Crippen molar-refractivity contribution in [1.29, 1.82) is 0 Å². The molecule has 0 aliphatic heterocycles. The predicted octanol–water partition coefficient (Wildman–Crippen LogP) is 2.48. The molecule has 0 radical (unpaired) electrons. The van der Waals surface area contributed by atoms with E-state index in [2.05, 4.69) is 0 Å². The molecule has 1 aliphatic rings. The average molecular weight is 301 g/mol. The molecule has 116 valence electrons. The van der Waals surface area contributed by atoms with E-state index in [-0.39, 0.29) is 24.8 Å². The smallest absolute Gasteiger partial charge is 0.391 e. The number of hydrogen-bond donors (Lipinski definition) is 1. The van der Waals surface area contributed by atoms with Crippen LogP contribution in [0.2, 0.25) is 0 Å². The minimum absolute atomic E-state index is 0.0338. The second-order valence-corrected chi connectivity index (χ2v) is 5.55. The summed E-state index contributed by atoms with van der Waals surface area (Å²) in [5, 5.41) is 9.78. The number of benzene rings is 1. The van der Waals surface area contributed by atoms with Crippen LogP contribution in [0.25, 0.3) is 0 Å². The van der Waals surface area contributed by atoms with E-state index in [4.69, 9.17) is 0 Å². The summed E-state index contributed by atoms with van der Waals surface area (Å²) in [6.45, 7) is 0.268. The van der Waals surface area contributed by atoms with Gasteiger partial charge in [0.2, 0.25) is 5.91 Å². The number of carbonyl (C=O) groups excluding carboxylic acids is 1. The summed E-state index contributed by atoms with van der Waals surface area (Å²) in [5.74, 6) is 0.0702. The summed E-state index contributed by atoms with van der Waals surface area (Å²) in [6.07, 6.45) is -2.87. The van der Waals surface area contributed by atoms with Crippen LogP contribution in [-0.2, 0) is 17.4 Å². The Balaban J connectivity index is 1.89. The van der Waals surface area contributed by atoms with Gasteiger partial charge in [0.05, 0.1) is 18.1 Å². The first-order chi connectivity index (χ1) is 9.77. The zero-order valence-electron chi connectivity index (χ0n) is 11.7. The molecule has 1 aromatic rings. The molecule has 0 saturated heterocycles. The van der Waals surface area contributed by atoms with Crippen molar-refractivity contribution in [2.24, 2.45) is 5.92 Å². The van der Waals surface area contributed by atoms with E-state index >= 15 is 0 Å². The molecule has 0 bridgehead atoms. The van der Waals surface area contributed by atoms with Crippen LogP contribution >= 0.6 is 0 Å². The number of carbonyl (C=O) groups is 1. The van der Waals surface area contributed by atoms with Gasteiger partial charge in [0.1, 0.15) is 0 Å². The average Bonchev–Trinajstić information content (AvgIpc) is 3.22. The van der Waals surface area contributed by atoms with Gasteiger partial charge in [-0.1, -0.05) is 12.1 Å². The van der Waals surface area contributed by atoms with E-state index in [1.807, 2.05) is 0 Å². The zero-order chi connectivity index (χ0) is 15.6. The molecule has 1 atom stereocenters. The molecule has 2 rings (SSSR count). The van der Waals surface area contributed by atoms with Crippen molar-refractivity contribution < 1.29 is 23.1 Å². The topological polar surface area (TPSA) is 40.5 Å². The Labute approximate surface area is 121 Å². The number of halogens is 3. The number of alkyl halides is 3. The Hall–Kier alpha value is -1.56. The SMILES string of the molecule is CN(CC(O)C1CC1)C(=O)Cc1ccc(C(F)(F)F)cc1. The second-order valence-electron chi connectivity index (χ2n) is 5.55. The molecule has 1 N–H and O–H groups in total. The Kier molecular flexibility index (Phi) is 4.56. The van der Waals surface area contributed by atoms with Crippen LogP contribution < -0.4 is 0 Å². The van der Waals surface area contributed by atoms with Crippen LogP contribution in [0.4, 0.5) is 13.2 Å². The minimum atomic E-state index is -4.37. The first-order valence-electron chi connectivity index (χ1n) is 6.85. The van der Waals surface area contributed by atoms with E-state index in [9.17, 15) is 23.1 Å². The summed E-state index contributed by atoms with van der Waals surface area (Å²) < 4.78 is 37.3. The molecule has 1 amide bonds. The summed E-state index contributed by atoms with van der Waals surface area (Å²) in [4.78, 5) is 13.4. The van der Waals surface area contributed by atoms with Crippen molar-refractivity contribution >= 4 is 5.91 Å². The van der Waals surface area contributed by atoms with Crippen molar-refractivity contribution in [1.82, 2.24) is 4.90 Å². The Morgan fingerprint density at radius 3 is 2.38 bits per heavy atom. The maximum Gasteiger partial charge on any atom is 0.416 e. The first kappa shape index (κ1) is 15.8. The van der Waals surface area contributed by atoms with Crippen LogP contribution in [0.3, 0.4) is 0 Å². The lowest BCUT2D eigenvalue weighted by atomic mass is 10.1. The molecule has 1 saturated carbocycles. The lowest BCUT2D eigenvalue weighted by Gasteiger charge is -2.21. The van der Waals surface area contributed by atoms with Gasteiger partial charge in [-0.15, -0.1) is 0 Å². The van der Waals surface area contributed by atoms with Crippen molar-refractivity contribution in [3.05, 3.63) is 35.4 Å². The lowest BCUT2D eigenvalue weighted by molar-refractivity contribution is -0.137. The first-order valence-corrected chi connectivity index (χ1v) is 6.85. The number of aliphatic hydroxyl groups is 1. The summed E-state index contributed by atoms with van der Waals surface area (Å²) in [5.41, 5.74) is -0.197. The number of nitrogens with zero attached hydrogens (tertiary/aromatic N) is 1. The maximum atomic E-state index is 12.4. The largest absolute Gasteiger partial charge is 0.416 e. The molecule has 21 heavy (non-hydrogen) atoms. The second kappa shape index (κ2) is 6.05. The van der Waals surface area contributed by atoms with E-state index in [0.717, 1.165) is 25.0 Å². The highest BCUT2D eigenvalue weighted by atomic mass is 19.4. The van der Waals surface area contributed by atoms with Crippen LogP contribution in [0.1, 0.15) is 24.0 Å². The fourth-order valence-electron chi connectivity index (χ4n) is 2.13. The highest BCUT2D eigenvalue weighted by molar-refractivity contribution is 5.78. The molecule has 0 spiro atoms. The normalized spacial score (nSPS) is 16.6. The number of amides is 1. The summed E-state index contributed by atoms with van der Waals surface area (Å²) in [6, 6.07) is 4.57. The highest BCUT2D eigenvalue weighted by Gasteiger charge is 2.31. The van der Waals surface area contributed by atoms with Gasteiger partial charge in [0, 0.05) is 13.6 Å². The van der Waals surface area contributed by atoms with Crippen molar-refractivity contribution in [3.63, 3.8) is 0 Å². The van der Waals surface area contributed by atoms with Crippen molar-refractivity contribution in [2.75, 3.05) is 13.6 Å². The monoisotopic (exact) mass is 301 g/mol. The van der Waals surface area contributed by atoms with E-state index in [0.29, 0.717) is 5.56 Å². The Bertz CT molecular complexity index is 495. The Morgan fingerprint density at radius 1 is 1.33 bits per heavy atom. The minimum Gasteiger partial charge on any atom is -0.391 e. The van der Waals surface area contributed by atoms with Gasteiger partial charge in [-0.05, 0) is 36.5 Å². The number of likely N-dealkylation sites (N-methyl/N-ethyl adjacent to an activating group) is 1. The lowest BCUT2D eigenvalue weighted by Crippen LogP contribution is -2.36. The van der Waals surface area contributed by atoms with Gasteiger partial charge in [0.15, 0.2) is 0 Å². The predicted molar refractivity (Wildman–Crippen MR) is 71.5 cm³/mol. The summed E-state index contributed by atoms with van der Waals surface area (Å²) in [7, 11) is 1.60. The van der Waals surface area contributed by atoms with Gasteiger partial charge in [-0.25, -0.2) is 0 Å². The van der Waals surface area contributed by atoms with Crippen LogP contribution in [0.5, 0.6) is 0 Å². The van der Waals surface area contributed by atoms with Crippen LogP contribution in [0.15, 0.2) is 24.3 Å². The van der Waals surface area contributed by atoms with Crippen molar-refractivity contribution in [3.8, 4) is 0 Å². The standard InChI is InChI=1S/C15H18F3NO2/c1-19(9-13(20)11-4-5-11)14(21)8-10-2-6-12(7-3-10)15(16,17)18/h2-3,6-7,11,13,20H,4-5,8-9H2,1H3.